The Balaban J connectivity index is 1.46. The Morgan fingerprint density at radius 3 is 2.33 bits per heavy atom. The number of sulfonamides is 1. The lowest BCUT2D eigenvalue weighted by atomic mass is 9.70. The van der Waals surface area contributed by atoms with E-state index < -0.39 is 15.4 Å². The predicted octanol–water partition coefficient (Wildman–Crippen LogP) is 2.09. The van der Waals surface area contributed by atoms with Crippen LogP contribution in [0.25, 0.3) is 0 Å². The first kappa shape index (κ1) is 19.3. The van der Waals surface area contributed by atoms with Gasteiger partial charge in [0.05, 0.1) is 10.2 Å². The van der Waals surface area contributed by atoms with E-state index >= 15 is 0 Å². The first-order valence-electron chi connectivity index (χ1n) is 9.39. The number of carbonyl (C=O) groups is 1. The van der Waals surface area contributed by atoms with Crippen molar-refractivity contribution in [2.24, 2.45) is 16.7 Å². The maximum Gasteiger partial charge on any atom is 0.225 e. The molecule has 1 saturated heterocycles. The van der Waals surface area contributed by atoms with E-state index in [1.807, 2.05) is 4.90 Å². The van der Waals surface area contributed by atoms with Crippen molar-refractivity contribution in [2.45, 2.75) is 33.1 Å². The third-order valence-electron chi connectivity index (χ3n) is 7.09. The van der Waals surface area contributed by atoms with Gasteiger partial charge in [-0.2, -0.15) is 4.31 Å². The number of anilines is 1. The van der Waals surface area contributed by atoms with Gasteiger partial charge in [0.1, 0.15) is 5.78 Å². The number of halogens is 1. The number of rotatable bonds is 4. The molecule has 0 radical (unpaired) electrons. The molecule has 0 amide bonds. The number of nitrogens with zero attached hydrogens (tertiary/aromatic N) is 4. The van der Waals surface area contributed by atoms with Crippen molar-refractivity contribution in [1.29, 1.82) is 0 Å². The van der Waals surface area contributed by atoms with Crippen LogP contribution in [0.15, 0.2) is 16.9 Å². The van der Waals surface area contributed by atoms with E-state index in [0.29, 0.717) is 50.9 Å². The lowest BCUT2D eigenvalue weighted by Gasteiger charge is -2.39. The van der Waals surface area contributed by atoms with Gasteiger partial charge in [-0.05, 0) is 40.1 Å². The van der Waals surface area contributed by atoms with Crippen LogP contribution >= 0.6 is 15.9 Å². The Morgan fingerprint density at radius 2 is 1.81 bits per heavy atom. The number of hydrogen-bond acceptors (Lipinski definition) is 6. The summed E-state index contributed by atoms with van der Waals surface area (Å²) in [5.41, 5.74) is -0.938. The van der Waals surface area contributed by atoms with Crippen LogP contribution in [0.2, 0.25) is 0 Å². The van der Waals surface area contributed by atoms with Gasteiger partial charge in [-0.3, -0.25) is 4.79 Å². The Labute approximate surface area is 168 Å². The summed E-state index contributed by atoms with van der Waals surface area (Å²) in [6.07, 6.45) is 5.58. The molecule has 2 heterocycles. The fourth-order valence-corrected chi connectivity index (χ4v) is 7.55. The molecule has 9 heteroatoms. The number of fused-ring (bicyclic) bond motifs is 2. The summed E-state index contributed by atoms with van der Waals surface area (Å²) >= 11 is 3.32. The van der Waals surface area contributed by atoms with Gasteiger partial charge in [-0.15, -0.1) is 0 Å². The lowest BCUT2D eigenvalue weighted by Crippen LogP contribution is -2.53. The van der Waals surface area contributed by atoms with Crippen molar-refractivity contribution < 1.29 is 13.2 Å². The zero-order chi connectivity index (χ0) is 19.4. The molecule has 3 aliphatic rings. The minimum Gasteiger partial charge on any atom is -0.338 e. The van der Waals surface area contributed by atoms with Gasteiger partial charge in [0.15, 0.2) is 0 Å². The number of ketones is 1. The summed E-state index contributed by atoms with van der Waals surface area (Å²) in [6, 6.07) is 0. The summed E-state index contributed by atoms with van der Waals surface area (Å²) in [5, 5.41) is 0. The summed E-state index contributed by atoms with van der Waals surface area (Å²) in [7, 11) is -3.49. The number of piperazine rings is 1. The van der Waals surface area contributed by atoms with Gasteiger partial charge in [0, 0.05) is 50.4 Å². The molecule has 2 aliphatic carbocycles. The highest BCUT2D eigenvalue weighted by Crippen LogP contribution is 2.64. The van der Waals surface area contributed by atoms with Gasteiger partial charge >= 0.3 is 0 Å². The molecule has 27 heavy (non-hydrogen) atoms. The van der Waals surface area contributed by atoms with Crippen molar-refractivity contribution in [3.63, 3.8) is 0 Å². The van der Waals surface area contributed by atoms with E-state index in [1.165, 1.54) is 0 Å². The van der Waals surface area contributed by atoms with Crippen LogP contribution in [0, 0.1) is 16.7 Å². The summed E-state index contributed by atoms with van der Waals surface area (Å²) in [4.78, 5) is 23.3. The normalized spacial score (nSPS) is 30.9. The minimum atomic E-state index is -3.49. The third kappa shape index (κ3) is 3.02. The van der Waals surface area contributed by atoms with E-state index in [1.54, 1.807) is 16.7 Å². The van der Waals surface area contributed by atoms with Gasteiger partial charge in [-0.1, -0.05) is 13.8 Å². The molecule has 148 valence electrons. The van der Waals surface area contributed by atoms with Crippen molar-refractivity contribution in [2.75, 3.05) is 36.8 Å². The Morgan fingerprint density at radius 1 is 1.19 bits per heavy atom. The summed E-state index contributed by atoms with van der Waals surface area (Å²) in [6.45, 7) is 6.05. The molecule has 3 fully saturated rings. The van der Waals surface area contributed by atoms with Crippen LogP contribution in [-0.2, 0) is 14.8 Å². The highest BCUT2D eigenvalue weighted by Gasteiger charge is 2.65. The van der Waals surface area contributed by atoms with Crippen LogP contribution in [0.4, 0.5) is 5.95 Å². The summed E-state index contributed by atoms with van der Waals surface area (Å²) < 4.78 is 28.7. The van der Waals surface area contributed by atoms with Crippen molar-refractivity contribution >= 4 is 37.7 Å². The summed E-state index contributed by atoms with van der Waals surface area (Å²) in [5.74, 6) is 1.04. The number of hydrogen-bond donors (Lipinski definition) is 0. The first-order valence-corrected chi connectivity index (χ1v) is 11.8. The number of carbonyl (C=O) groups excluding carboxylic acids is 1. The molecule has 7 nitrogen and oxygen atoms in total. The molecule has 0 aromatic carbocycles. The zero-order valence-electron chi connectivity index (χ0n) is 15.7. The molecule has 0 N–H and O–H groups in total. The fourth-order valence-electron chi connectivity index (χ4n) is 5.15. The van der Waals surface area contributed by atoms with Crippen molar-refractivity contribution in [3.8, 4) is 0 Å². The zero-order valence-corrected chi connectivity index (χ0v) is 18.1. The number of aromatic nitrogens is 2. The second kappa shape index (κ2) is 6.49. The molecule has 1 aromatic heterocycles. The van der Waals surface area contributed by atoms with Crippen molar-refractivity contribution in [1.82, 2.24) is 14.3 Å². The predicted molar refractivity (Wildman–Crippen MR) is 106 cm³/mol. The maximum absolute atomic E-state index is 13.2. The Hall–Kier alpha value is -1.06. The largest absolute Gasteiger partial charge is 0.338 e. The van der Waals surface area contributed by atoms with E-state index in [2.05, 4.69) is 39.7 Å². The van der Waals surface area contributed by atoms with Crippen LogP contribution in [0.3, 0.4) is 0 Å². The van der Waals surface area contributed by atoms with E-state index in [4.69, 9.17) is 0 Å². The topological polar surface area (TPSA) is 83.5 Å². The van der Waals surface area contributed by atoms with E-state index in [-0.39, 0.29) is 17.0 Å². The first-order chi connectivity index (χ1) is 12.7. The third-order valence-corrected chi connectivity index (χ3v) is 9.51. The second-order valence-electron chi connectivity index (χ2n) is 8.51. The monoisotopic (exact) mass is 456 g/mol. The van der Waals surface area contributed by atoms with Crippen LogP contribution < -0.4 is 4.90 Å². The van der Waals surface area contributed by atoms with Crippen LogP contribution in [0.1, 0.15) is 33.1 Å². The maximum atomic E-state index is 13.2. The molecule has 1 aliphatic heterocycles. The molecule has 2 saturated carbocycles. The highest BCUT2D eigenvalue weighted by molar-refractivity contribution is 9.10. The molecule has 0 unspecified atom stereocenters. The van der Waals surface area contributed by atoms with Crippen LogP contribution in [-0.4, -0.2) is 60.4 Å². The smallest absolute Gasteiger partial charge is 0.225 e. The average molecular weight is 457 g/mol. The van der Waals surface area contributed by atoms with Crippen molar-refractivity contribution in [3.05, 3.63) is 16.9 Å². The molecule has 1 aromatic rings. The average Bonchev–Trinajstić information content (AvgIpc) is 2.96. The molecular weight excluding hydrogens is 432 g/mol. The standard InChI is InChI=1S/C18H25BrN4O3S/c1-17(2)13-3-4-18(17,15(24)9-13)12-27(25,26)23-7-5-22(6-8-23)16-20-10-14(19)11-21-16/h10-11,13H,3-9,12H2,1-2H3/t13-,18+/m1/s1. The Bertz CT molecular complexity index is 850. The molecule has 2 bridgehead atoms. The lowest BCUT2D eigenvalue weighted by molar-refractivity contribution is -0.128. The Kier molecular flexibility index (Phi) is 4.63. The van der Waals surface area contributed by atoms with E-state index in [9.17, 15) is 13.2 Å². The van der Waals surface area contributed by atoms with Crippen LogP contribution in [0.5, 0.6) is 0 Å². The quantitative estimate of drug-likeness (QED) is 0.689. The van der Waals surface area contributed by atoms with Gasteiger partial charge in [0.2, 0.25) is 16.0 Å². The molecule has 4 rings (SSSR count). The minimum absolute atomic E-state index is 0.0445. The van der Waals surface area contributed by atoms with Gasteiger partial charge in [-0.25, -0.2) is 18.4 Å². The fraction of sp³-hybridized carbons (Fsp3) is 0.722. The number of Topliss-reactive ketones (excluding diaryl/α,β-unsaturated/α-hetero) is 1. The molecule has 2 atom stereocenters. The van der Waals surface area contributed by atoms with Gasteiger partial charge < -0.3 is 4.90 Å². The highest BCUT2D eigenvalue weighted by atomic mass is 79.9. The molecule has 0 spiro atoms. The molecular formula is C18H25BrN4O3S. The second-order valence-corrected chi connectivity index (χ2v) is 11.4. The van der Waals surface area contributed by atoms with Gasteiger partial charge in [0.25, 0.3) is 0 Å². The van der Waals surface area contributed by atoms with E-state index in [0.717, 1.165) is 10.9 Å². The SMILES string of the molecule is CC1(C)[C@@H]2CC[C@]1(CS(=O)(=O)N1CCN(c3ncc(Br)cn3)CC1)C(=O)C2.